The van der Waals surface area contributed by atoms with E-state index in [-0.39, 0.29) is 17.1 Å². The highest BCUT2D eigenvalue weighted by atomic mass is 19.1. The van der Waals surface area contributed by atoms with Gasteiger partial charge in [0, 0.05) is 46.2 Å². The highest BCUT2D eigenvalue weighted by Crippen LogP contribution is 2.38. The SMILES string of the molecule is CN=C(NCCc1coc(-c2ccc(F)cc2)n1)NCC1(C(=O)N(C)C)CCCC1. The third-order valence-corrected chi connectivity index (χ3v) is 5.55. The minimum absolute atomic E-state index is 0.180. The molecular weight excluding hydrogens is 385 g/mol. The quantitative estimate of drug-likeness (QED) is 0.537. The fourth-order valence-electron chi connectivity index (χ4n) is 3.92. The van der Waals surface area contributed by atoms with Crippen molar-refractivity contribution in [1.82, 2.24) is 20.5 Å². The molecule has 1 aliphatic carbocycles. The van der Waals surface area contributed by atoms with Crippen molar-refractivity contribution in [3.8, 4) is 11.5 Å². The maximum atomic E-state index is 13.1. The molecule has 1 aromatic heterocycles. The van der Waals surface area contributed by atoms with Crippen molar-refractivity contribution in [2.75, 3.05) is 34.2 Å². The van der Waals surface area contributed by atoms with Crippen LogP contribution in [0.3, 0.4) is 0 Å². The summed E-state index contributed by atoms with van der Waals surface area (Å²) in [4.78, 5) is 23.1. The number of benzene rings is 1. The molecule has 0 saturated heterocycles. The number of guanidine groups is 1. The second-order valence-electron chi connectivity index (χ2n) is 7.94. The van der Waals surface area contributed by atoms with E-state index in [4.69, 9.17) is 4.42 Å². The minimum atomic E-state index is -0.350. The van der Waals surface area contributed by atoms with Crippen molar-refractivity contribution >= 4 is 11.9 Å². The Kier molecular flexibility index (Phi) is 7.07. The lowest BCUT2D eigenvalue weighted by molar-refractivity contribution is -0.138. The van der Waals surface area contributed by atoms with Gasteiger partial charge in [-0.1, -0.05) is 12.8 Å². The maximum Gasteiger partial charge on any atom is 0.230 e. The van der Waals surface area contributed by atoms with Crippen molar-refractivity contribution in [3.05, 3.63) is 42.0 Å². The molecule has 2 aromatic rings. The maximum absolute atomic E-state index is 13.1. The van der Waals surface area contributed by atoms with E-state index in [1.807, 2.05) is 14.1 Å². The zero-order valence-corrected chi connectivity index (χ0v) is 17.9. The number of hydrogen-bond donors (Lipinski definition) is 2. The van der Waals surface area contributed by atoms with Gasteiger partial charge in [-0.2, -0.15) is 0 Å². The first-order chi connectivity index (χ1) is 14.4. The largest absolute Gasteiger partial charge is 0.444 e. The molecule has 0 spiro atoms. The first-order valence-corrected chi connectivity index (χ1v) is 10.3. The van der Waals surface area contributed by atoms with Gasteiger partial charge in [0.05, 0.1) is 11.1 Å². The van der Waals surface area contributed by atoms with Crippen LogP contribution in [0.1, 0.15) is 31.4 Å². The highest BCUT2D eigenvalue weighted by molar-refractivity contribution is 5.85. The van der Waals surface area contributed by atoms with E-state index in [2.05, 4.69) is 20.6 Å². The van der Waals surface area contributed by atoms with Crippen LogP contribution in [0.25, 0.3) is 11.5 Å². The number of halogens is 1. The molecule has 0 aliphatic heterocycles. The van der Waals surface area contributed by atoms with Gasteiger partial charge in [-0.15, -0.1) is 0 Å². The Morgan fingerprint density at radius 1 is 1.23 bits per heavy atom. The van der Waals surface area contributed by atoms with Crippen LogP contribution in [0.5, 0.6) is 0 Å². The van der Waals surface area contributed by atoms with Gasteiger partial charge < -0.3 is 20.0 Å². The van der Waals surface area contributed by atoms with Gasteiger partial charge in [0.1, 0.15) is 12.1 Å². The smallest absolute Gasteiger partial charge is 0.230 e. The number of oxazole rings is 1. The van der Waals surface area contributed by atoms with Gasteiger partial charge in [-0.05, 0) is 37.1 Å². The molecule has 1 aliphatic rings. The molecule has 1 aromatic carbocycles. The van der Waals surface area contributed by atoms with Crippen molar-refractivity contribution in [2.24, 2.45) is 10.4 Å². The molecular formula is C22H30FN5O2. The Bertz CT molecular complexity index is 870. The van der Waals surface area contributed by atoms with Gasteiger partial charge in [0.2, 0.25) is 11.8 Å². The van der Waals surface area contributed by atoms with E-state index in [9.17, 15) is 9.18 Å². The lowest BCUT2D eigenvalue weighted by Gasteiger charge is -2.31. The molecule has 8 heteroatoms. The van der Waals surface area contributed by atoms with Gasteiger partial charge >= 0.3 is 0 Å². The monoisotopic (exact) mass is 415 g/mol. The lowest BCUT2D eigenvalue weighted by Crippen LogP contribution is -2.49. The first kappa shape index (κ1) is 21.8. The summed E-state index contributed by atoms with van der Waals surface area (Å²) < 4.78 is 18.6. The Morgan fingerprint density at radius 2 is 1.93 bits per heavy atom. The van der Waals surface area contributed by atoms with Crippen molar-refractivity contribution in [1.29, 1.82) is 0 Å². The molecule has 2 N–H and O–H groups in total. The summed E-state index contributed by atoms with van der Waals surface area (Å²) in [6.45, 7) is 1.19. The van der Waals surface area contributed by atoms with E-state index >= 15 is 0 Å². The Hall–Kier alpha value is -2.90. The Morgan fingerprint density at radius 3 is 2.57 bits per heavy atom. The number of aromatic nitrogens is 1. The van der Waals surface area contributed by atoms with E-state index in [1.165, 1.54) is 12.1 Å². The molecule has 0 unspecified atom stereocenters. The third kappa shape index (κ3) is 5.17. The molecule has 1 heterocycles. The summed E-state index contributed by atoms with van der Waals surface area (Å²) in [6, 6.07) is 6.05. The zero-order valence-electron chi connectivity index (χ0n) is 17.9. The second-order valence-corrected chi connectivity index (χ2v) is 7.94. The van der Waals surface area contributed by atoms with Crippen LogP contribution in [-0.2, 0) is 11.2 Å². The van der Waals surface area contributed by atoms with Crippen molar-refractivity contribution in [2.45, 2.75) is 32.1 Å². The normalized spacial score (nSPS) is 15.8. The van der Waals surface area contributed by atoms with Crippen LogP contribution >= 0.6 is 0 Å². The number of nitrogens with zero attached hydrogens (tertiary/aromatic N) is 3. The van der Waals surface area contributed by atoms with Crippen LogP contribution in [0.15, 0.2) is 39.9 Å². The van der Waals surface area contributed by atoms with E-state index in [0.717, 1.165) is 36.9 Å². The van der Waals surface area contributed by atoms with Gasteiger partial charge in [0.15, 0.2) is 5.96 Å². The predicted octanol–water partition coefficient (Wildman–Crippen LogP) is 2.84. The van der Waals surface area contributed by atoms with Crippen LogP contribution in [0.2, 0.25) is 0 Å². The topological polar surface area (TPSA) is 82.8 Å². The summed E-state index contributed by atoms with van der Waals surface area (Å²) >= 11 is 0. The number of carbonyl (C=O) groups is 1. The average molecular weight is 416 g/mol. The lowest BCUT2D eigenvalue weighted by atomic mass is 9.84. The van der Waals surface area contributed by atoms with Crippen LogP contribution in [0, 0.1) is 11.2 Å². The van der Waals surface area contributed by atoms with Gasteiger partial charge in [-0.3, -0.25) is 9.79 Å². The summed E-state index contributed by atoms with van der Waals surface area (Å²) in [6.07, 6.45) is 6.22. The molecule has 30 heavy (non-hydrogen) atoms. The highest BCUT2D eigenvalue weighted by Gasteiger charge is 2.42. The number of amides is 1. The minimum Gasteiger partial charge on any atom is -0.444 e. The number of aliphatic imine (C=N–C) groups is 1. The molecule has 0 radical (unpaired) electrons. The van der Waals surface area contributed by atoms with Crippen LogP contribution < -0.4 is 10.6 Å². The molecule has 7 nitrogen and oxygen atoms in total. The van der Waals surface area contributed by atoms with Crippen molar-refractivity contribution < 1.29 is 13.6 Å². The summed E-state index contributed by atoms with van der Waals surface area (Å²) in [5.41, 5.74) is 1.19. The number of nitrogens with one attached hydrogen (secondary N) is 2. The second kappa shape index (κ2) is 9.73. The molecule has 1 amide bonds. The molecule has 1 fully saturated rings. The summed E-state index contributed by atoms with van der Waals surface area (Å²) in [5.74, 6) is 1.02. The zero-order chi connectivity index (χ0) is 21.6. The standard InChI is InChI=1S/C22H30FN5O2/c1-24-21(26-15-22(11-4-5-12-22)20(29)28(2)3)25-13-10-18-14-30-19(27-18)16-6-8-17(23)9-7-16/h6-9,14H,4-5,10-13,15H2,1-3H3,(H2,24,25,26). The Balaban J connectivity index is 1.50. The summed E-state index contributed by atoms with van der Waals surface area (Å²) in [5, 5.41) is 6.59. The van der Waals surface area contributed by atoms with Crippen LogP contribution in [0.4, 0.5) is 4.39 Å². The number of rotatable bonds is 7. The molecule has 0 atom stereocenters. The number of carbonyl (C=O) groups excluding carboxylic acids is 1. The molecule has 0 bridgehead atoms. The van der Waals surface area contributed by atoms with E-state index < -0.39 is 0 Å². The van der Waals surface area contributed by atoms with Crippen LogP contribution in [-0.4, -0.2) is 56.0 Å². The fourth-order valence-corrected chi connectivity index (χ4v) is 3.92. The third-order valence-electron chi connectivity index (χ3n) is 5.55. The van der Waals surface area contributed by atoms with E-state index in [0.29, 0.717) is 31.4 Å². The molecule has 162 valence electrons. The molecule has 1 saturated carbocycles. The Labute approximate surface area is 176 Å². The predicted molar refractivity (Wildman–Crippen MR) is 115 cm³/mol. The van der Waals surface area contributed by atoms with Gasteiger partial charge in [0.25, 0.3) is 0 Å². The van der Waals surface area contributed by atoms with Crippen molar-refractivity contribution in [3.63, 3.8) is 0 Å². The average Bonchev–Trinajstić information content (AvgIpc) is 3.41. The fraction of sp³-hybridized carbons (Fsp3) is 0.500. The summed E-state index contributed by atoms with van der Waals surface area (Å²) in [7, 11) is 5.34. The van der Waals surface area contributed by atoms with E-state index in [1.54, 1.807) is 30.3 Å². The number of hydrogen-bond acceptors (Lipinski definition) is 4. The first-order valence-electron chi connectivity index (χ1n) is 10.3. The van der Waals surface area contributed by atoms with Gasteiger partial charge in [-0.25, -0.2) is 9.37 Å². The molecule has 3 rings (SSSR count).